The van der Waals surface area contributed by atoms with Crippen LogP contribution in [0.1, 0.15) is 23.5 Å². The van der Waals surface area contributed by atoms with E-state index in [0.29, 0.717) is 18.0 Å². The lowest BCUT2D eigenvalue weighted by Crippen LogP contribution is -2.23. The van der Waals surface area contributed by atoms with Gasteiger partial charge in [-0.3, -0.25) is 9.89 Å². The summed E-state index contributed by atoms with van der Waals surface area (Å²) < 4.78 is 10.6. The first-order valence-electron chi connectivity index (χ1n) is 6.28. The van der Waals surface area contributed by atoms with Crippen LogP contribution in [-0.2, 0) is 4.79 Å². The highest BCUT2D eigenvalue weighted by Crippen LogP contribution is 2.40. The van der Waals surface area contributed by atoms with Crippen LogP contribution < -0.4 is 14.8 Å². The Labute approximate surface area is 116 Å². The molecule has 2 heterocycles. The molecule has 1 aromatic heterocycles. The lowest BCUT2D eigenvalue weighted by molar-refractivity contribution is -0.116. The van der Waals surface area contributed by atoms with Gasteiger partial charge in [0.05, 0.1) is 20.4 Å². The van der Waals surface area contributed by atoms with Crippen molar-refractivity contribution in [3.05, 3.63) is 35.5 Å². The smallest absolute Gasteiger partial charge is 0.226 e. The number of nitrogens with one attached hydrogen (secondary N) is 2. The molecule has 2 aromatic rings. The van der Waals surface area contributed by atoms with Crippen LogP contribution in [0.25, 0.3) is 0 Å². The number of hydrogen-bond acceptors (Lipinski definition) is 4. The molecule has 0 unspecified atom stereocenters. The zero-order valence-corrected chi connectivity index (χ0v) is 11.3. The normalized spacial score (nSPS) is 17.3. The number of nitrogens with zero attached hydrogens (tertiary/aromatic N) is 1. The van der Waals surface area contributed by atoms with Gasteiger partial charge in [-0.1, -0.05) is 6.07 Å². The molecule has 0 saturated carbocycles. The zero-order valence-electron chi connectivity index (χ0n) is 11.3. The van der Waals surface area contributed by atoms with E-state index in [1.807, 2.05) is 18.2 Å². The highest BCUT2D eigenvalue weighted by molar-refractivity contribution is 5.94. The van der Waals surface area contributed by atoms with Crippen molar-refractivity contribution in [1.29, 1.82) is 0 Å². The summed E-state index contributed by atoms with van der Waals surface area (Å²) in [6, 6.07) is 5.61. The first-order valence-corrected chi connectivity index (χ1v) is 6.28. The Bertz CT molecular complexity index is 651. The number of carbonyl (C=O) groups is 1. The van der Waals surface area contributed by atoms with Gasteiger partial charge in [-0.05, 0) is 6.07 Å². The monoisotopic (exact) mass is 273 g/mol. The van der Waals surface area contributed by atoms with Gasteiger partial charge in [0.25, 0.3) is 0 Å². The number of rotatable bonds is 3. The number of hydrogen-bond donors (Lipinski definition) is 2. The number of anilines is 1. The molecule has 2 N–H and O–H groups in total. The number of amides is 1. The SMILES string of the molecule is COc1ccc([C@@H]2CC(=O)Nc3[nH]ncc32)c(OC)c1. The fourth-order valence-corrected chi connectivity index (χ4v) is 2.53. The summed E-state index contributed by atoms with van der Waals surface area (Å²) in [5.74, 6) is 1.97. The van der Waals surface area contributed by atoms with Crippen molar-refractivity contribution in [2.45, 2.75) is 12.3 Å². The molecule has 1 aliphatic heterocycles. The maximum absolute atomic E-state index is 11.8. The van der Waals surface area contributed by atoms with Crippen molar-refractivity contribution in [2.24, 2.45) is 0 Å². The van der Waals surface area contributed by atoms with Crippen LogP contribution in [0.3, 0.4) is 0 Å². The minimum atomic E-state index is -0.0710. The van der Waals surface area contributed by atoms with E-state index in [0.717, 1.165) is 16.9 Å². The van der Waals surface area contributed by atoms with Crippen LogP contribution in [-0.4, -0.2) is 30.3 Å². The van der Waals surface area contributed by atoms with Crippen LogP contribution in [0.4, 0.5) is 5.82 Å². The lowest BCUT2D eigenvalue weighted by atomic mass is 9.87. The van der Waals surface area contributed by atoms with E-state index in [1.54, 1.807) is 20.4 Å². The van der Waals surface area contributed by atoms with Gasteiger partial charge < -0.3 is 14.8 Å². The molecule has 1 aromatic carbocycles. The van der Waals surface area contributed by atoms with Crippen molar-refractivity contribution in [1.82, 2.24) is 10.2 Å². The molecular formula is C14H15N3O3. The fraction of sp³-hybridized carbons (Fsp3) is 0.286. The summed E-state index contributed by atoms with van der Waals surface area (Å²) in [6.45, 7) is 0. The largest absolute Gasteiger partial charge is 0.497 e. The van der Waals surface area contributed by atoms with Gasteiger partial charge in [-0.2, -0.15) is 5.10 Å². The number of aromatic nitrogens is 2. The molecule has 20 heavy (non-hydrogen) atoms. The molecule has 0 fully saturated rings. The molecule has 1 aliphatic rings. The Kier molecular flexibility index (Phi) is 3.06. The van der Waals surface area contributed by atoms with Gasteiger partial charge in [0, 0.05) is 29.5 Å². The zero-order chi connectivity index (χ0) is 14.1. The number of carbonyl (C=O) groups excluding carboxylic acids is 1. The molecule has 1 amide bonds. The van der Waals surface area contributed by atoms with Crippen molar-refractivity contribution >= 4 is 11.7 Å². The lowest BCUT2D eigenvalue weighted by Gasteiger charge is -2.24. The molecule has 3 rings (SSSR count). The third kappa shape index (κ3) is 1.99. The summed E-state index contributed by atoms with van der Waals surface area (Å²) in [4.78, 5) is 11.8. The fourth-order valence-electron chi connectivity index (χ4n) is 2.53. The highest BCUT2D eigenvalue weighted by atomic mass is 16.5. The number of aromatic amines is 1. The molecule has 0 spiro atoms. The molecule has 0 radical (unpaired) electrons. The van der Waals surface area contributed by atoms with Gasteiger partial charge in [0.15, 0.2) is 0 Å². The van der Waals surface area contributed by atoms with Gasteiger partial charge in [-0.25, -0.2) is 0 Å². The Balaban J connectivity index is 2.08. The van der Waals surface area contributed by atoms with Crippen LogP contribution in [0.15, 0.2) is 24.4 Å². The number of H-pyrrole nitrogens is 1. The van der Waals surface area contributed by atoms with Gasteiger partial charge in [-0.15, -0.1) is 0 Å². The maximum Gasteiger partial charge on any atom is 0.226 e. The van der Waals surface area contributed by atoms with Crippen molar-refractivity contribution < 1.29 is 14.3 Å². The summed E-state index contributed by atoms with van der Waals surface area (Å²) in [6.07, 6.45) is 2.11. The molecule has 0 bridgehead atoms. The van der Waals surface area contributed by atoms with Crippen LogP contribution in [0, 0.1) is 0 Å². The van der Waals surface area contributed by atoms with E-state index >= 15 is 0 Å². The third-order valence-electron chi connectivity index (χ3n) is 3.51. The first kappa shape index (κ1) is 12.5. The second-order valence-corrected chi connectivity index (χ2v) is 4.61. The summed E-state index contributed by atoms with van der Waals surface area (Å²) >= 11 is 0. The Morgan fingerprint density at radius 3 is 2.85 bits per heavy atom. The maximum atomic E-state index is 11.8. The number of benzene rings is 1. The summed E-state index contributed by atoms with van der Waals surface area (Å²) in [7, 11) is 3.22. The van der Waals surface area contributed by atoms with Crippen molar-refractivity contribution in [3.8, 4) is 11.5 Å². The molecule has 6 nitrogen and oxygen atoms in total. The third-order valence-corrected chi connectivity index (χ3v) is 3.51. The molecule has 1 atom stereocenters. The topological polar surface area (TPSA) is 76.2 Å². The molecular weight excluding hydrogens is 258 g/mol. The number of fused-ring (bicyclic) bond motifs is 1. The number of ether oxygens (including phenoxy) is 2. The Morgan fingerprint density at radius 2 is 2.10 bits per heavy atom. The average molecular weight is 273 g/mol. The molecule has 0 saturated heterocycles. The number of methoxy groups -OCH3 is 2. The van der Waals surface area contributed by atoms with Gasteiger partial charge in [0.2, 0.25) is 5.91 Å². The van der Waals surface area contributed by atoms with E-state index in [9.17, 15) is 4.79 Å². The standard InChI is InChI=1S/C14H15N3O3/c1-19-8-3-4-9(12(5-8)20-2)10-6-13(18)16-14-11(10)7-15-17-14/h3-5,7,10H,6H2,1-2H3,(H2,15,16,17,18)/t10-/m0/s1. The minimum absolute atomic E-state index is 0.0374. The van der Waals surface area contributed by atoms with Gasteiger partial charge >= 0.3 is 0 Å². The predicted octanol–water partition coefficient (Wildman–Crippen LogP) is 1.90. The molecule has 104 valence electrons. The van der Waals surface area contributed by atoms with Crippen LogP contribution in [0.2, 0.25) is 0 Å². The Morgan fingerprint density at radius 1 is 1.25 bits per heavy atom. The quantitative estimate of drug-likeness (QED) is 0.895. The Hall–Kier alpha value is -2.50. The highest BCUT2D eigenvalue weighted by Gasteiger charge is 2.30. The van der Waals surface area contributed by atoms with Crippen LogP contribution in [0.5, 0.6) is 11.5 Å². The van der Waals surface area contributed by atoms with Crippen molar-refractivity contribution in [2.75, 3.05) is 19.5 Å². The van der Waals surface area contributed by atoms with Crippen molar-refractivity contribution in [3.63, 3.8) is 0 Å². The second kappa shape index (κ2) is 4.88. The predicted molar refractivity (Wildman–Crippen MR) is 73.2 cm³/mol. The second-order valence-electron chi connectivity index (χ2n) is 4.61. The van der Waals surface area contributed by atoms with E-state index in [1.165, 1.54) is 0 Å². The van der Waals surface area contributed by atoms with E-state index < -0.39 is 0 Å². The average Bonchev–Trinajstić information content (AvgIpc) is 2.93. The first-order chi connectivity index (χ1) is 9.72. The van der Waals surface area contributed by atoms with E-state index in [-0.39, 0.29) is 11.8 Å². The van der Waals surface area contributed by atoms with Crippen LogP contribution >= 0.6 is 0 Å². The van der Waals surface area contributed by atoms with E-state index in [2.05, 4.69) is 15.5 Å². The molecule has 0 aliphatic carbocycles. The molecule has 6 heteroatoms. The van der Waals surface area contributed by atoms with Gasteiger partial charge in [0.1, 0.15) is 17.3 Å². The summed E-state index contributed by atoms with van der Waals surface area (Å²) in [5, 5.41) is 9.58. The summed E-state index contributed by atoms with van der Waals surface area (Å²) in [5.41, 5.74) is 1.92. The van der Waals surface area contributed by atoms with E-state index in [4.69, 9.17) is 9.47 Å². The minimum Gasteiger partial charge on any atom is -0.497 e.